The van der Waals surface area contributed by atoms with Gasteiger partial charge in [0.1, 0.15) is 5.76 Å². The number of nitrogens with zero attached hydrogens (tertiary/aromatic N) is 2. The fourth-order valence-corrected chi connectivity index (χ4v) is 4.03. The summed E-state index contributed by atoms with van der Waals surface area (Å²) in [6.07, 6.45) is 0.659. The Bertz CT molecular complexity index is 1020. The van der Waals surface area contributed by atoms with Gasteiger partial charge in [0, 0.05) is 12.1 Å². The third-order valence-corrected chi connectivity index (χ3v) is 5.59. The Morgan fingerprint density at radius 2 is 1.61 bits per heavy atom. The number of amides is 1. The van der Waals surface area contributed by atoms with Crippen LogP contribution in [0.15, 0.2) is 48.0 Å². The van der Waals surface area contributed by atoms with Crippen molar-refractivity contribution in [3.05, 3.63) is 59.2 Å². The summed E-state index contributed by atoms with van der Waals surface area (Å²) in [5, 5.41) is 11.1. The lowest BCUT2D eigenvalue weighted by Gasteiger charge is -2.27. The van der Waals surface area contributed by atoms with Crippen LogP contribution in [0.4, 0.5) is 0 Å². The molecule has 2 aromatic rings. The van der Waals surface area contributed by atoms with E-state index in [1.54, 1.807) is 36.4 Å². The Balaban J connectivity index is 2.20. The van der Waals surface area contributed by atoms with E-state index in [1.807, 2.05) is 25.1 Å². The van der Waals surface area contributed by atoms with Gasteiger partial charge in [0.2, 0.25) is 5.75 Å². The number of likely N-dealkylation sites (tertiary alicyclic amines) is 1. The van der Waals surface area contributed by atoms with Gasteiger partial charge in [-0.2, -0.15) is 0 Å². The van der Waals surface area contributed by atoms with Crippen molar-refractivity contribution in [3.63, 3.8) is 0 Å². The van der Waals surface area contributed by atoms with Crippen molar-refractivity contribution < 1.29 is 28.9 Å². The molecule has 1 aliphatic rings. The fraction of sp³-hybridized carbons (Fsp3) is 0.360. The van der Waals surface area contributed by atoms with Crippen LogP contribution in [0.1, 0.15) is 23.6 Å². The molecule has 8 heteroatoms. The second kappa shape index (κ2) is 10.4. The minimum Gasteiger partial charge on any atom is -0.507 e. The minimum absolute atomic E-state index is 0.0327. The van der Waals surface area contributed by atoms with Gasteiger partial charge in [-0.25, -0.2) is 0 Å². The summed E-state index contributed by atoms with van der Waals surface area (Å²) < 4.78 is 16.4. The number of hydrogen-bond donors (Lipinski definition) is 1. The lowest BCUT2D eigenvalue weighted by Crippen LogP contribution is -2.32. The normalized spacial score (nSPS) is 17.5. The first kappa shape index (κ1) is 24.1. The number of hydrogen-bond acceptors (Lipinski definition) is 7. The van der Waals surface area contributed by atoms with Gasteiger partial charge >= 0.3 is 0 Å². The van der Waals surface area contributed by atoms with Gasteiger partial charge in [0.05, 0.1) is 32.9 Å². The highest BCUT2D eigenvalue weighted by molar-refractivity contribution is 6.46. The van der Waals surface area contributed by atoms with Crippen LogP contribution in [-0.2, 0) is 9.59 Å². The molecule has 1 aliphatic heterocycles. The molecule has 1 heterocycles. The van der Waals surface area contributed by atoms with Crippen molar-refractivity contribution in [1.82, 2.24) is 9.80 Å². The largest absolute Gasteiger partial charge is 0.507 e. The highest BCUT2D eigenvalue weighted by atomic mass is 16.5. The molecule has 0 aromatic heterocycles. The van der Waals surface area contributed by atoms with Gasteiger partial charge in [-0.05, 0) is 44.8 Å². The Hall–Kier alpha value is -3.52. The third-order valence-electron chi connectivity index (χ3n) is 5.59. The second-order valence-electron chi connectivity index (χ2n) is 7.97. The summed E-state index contributed by atoms with van der Waals surface area (Å²) in [6.45, 7) is 1.08. The van der Waals surface area contributed by atoms with Crippen LogP contribution < -0.4 is 14.2 Å². The third kappa shape index (κ3) is 4.80. The van der Waals surface area contributed by atoms with E-state index >= 15 is 0 Å². The smallest absolute Gasteiger partial charge is 0.295 e. The SMILES string of the molecule is COc1cc([C@H]2C(=C(O)c3ccccc3)C(=O)C(=O)N2CCCN(C)C)cc(OC)c1OC. The number of aliphatic hydroxyl groups excluding tert-OH is 1. The van der Waals surface area contributed by atoms with Crippen molar-refractivity contribution in [1.29, 1.82) is 0 Å². The van der Waals surface area contributed by atoms with E-state index in [2.05, 4.69) is 0 Å². The Labute approximate surface area is 194 Å². The quantitative estimate of drug-likeness (QED) is 0.354. The Morgan fingerprint density at radius 1 is 1.00 bits per heavy atom. The van der Waals surface area contributed by atoms with E-state index in [0.29, 0.717) is 41.3 Å². The molecule has 3 rings (SSSR count). The van der Waals surface area contributed by atoms with Crippen molar-refractivity contribution in [3.8, 4) is 17.2 Å². The van der Waals surface area contributed by atoms with Crippen LogP contribution in [0.2, 0.25) is 0 Å². The molecule has 1 N–H and O–H groups in total. The second-order valence-corrected chi connectivity index (χ2v) is 7.97. The fourth-order valence-electron chi connectivity index (χ4n) is 4.03. The van der Waals surface area contributed by atoms with E-state index in [1.165, 1.54) is 26.2 Å². The van der Waals surface area contributed by atoms with Gasteiger partial charge in [-0.1, -0.05) is 30.3 Å². The predicted molar refractivity (Wildman–Crippen MR) is 125 cm³/mol. The number of aliphatic hydroxyl groups is 1. The molecule has 0 radical (unpaired) electrons. The molecule has 1 atom stereocenters. The molecule has 8 nitrogen and oxygen atoms in total. The summed E-state index contributed by atoms with van der Waals surface area (Å²) in [7, 11) is 8.39. The van der Waals surface area contributed by atoms with Crippen molar-refractivity contribution in [2.75, 3.05) is 48.5 Å². The van der Waals surface area contributed by atoms with E-state index < -0.39 is 17.7 Å². The molecule has 33 heavy (non-hydrogen) atoms. The molecule has 0 unspecified atom stereocenters. The number of benzene rings is 2. The zero-order chi connectivity index (χ0) is 24.1. The van der Waals surface area contributed by atoms with E-state index in [0.717, 1.165) is 6.54 Å². The molecule has 1 saturated heterocycles. The van der Waals surface area contributed by atoms with Gasteiger partial charge in [-0.3, -0.25) is 9.59 Å². The van der Waals surface area contributed by atoms with Crippen molar-refractivity contribution >= 4 is 17.4 Å². The minimum atomic E-state index is -0.805. The average Bonchev–Trinajstić information content (AvgIpc) is 3.07. The lowest BCUT2D eigenvalue weighted by atomic mass is 9.94. The summed E-state index contributed by atoms with van der Waals surface area (Å²) in [5.41, 5.74) is 1.07. The van der Waals surface area contributed by atoms with Gasteiger partial charge < -0.3 is 29.1 Å². The monoisotopic (exact) mass is 454 g/mol. The number of rotatable bonds is 9. The maximum absolute atomic E-state index is 13.1. The van der Waals surface area contributed by atoms with Crippen molar-refractivity contribution in [2.24, 2.45) is 0 Å². The average molecular weight is 455 g/mol. The maximum Gasteiger partial charge on any atom is 0.295 e. The number of carbonyl (C=O) groups is 2. The van der Waals surface area contributed by atoms with Crippen molar-refractivity contribution in [2.45, 2.75) is 12.5 Å². The van der Waals surface area contributed by atoms with Crippen LogP contribution in [-0.4, -0.2) is 75.1 Å². The molecule has 0 saturated carbocycles. The maximum atomic E-state index is 13.1. The Morgan fingerprint density at radius 3 is 2.12 bits per heavy atom. The summed E-state index contributed by atoms with van der Waals surface area (Å²) >= 11 is 0. The van der Waals surface area contributed by atoms with Gasteiger partial charge in [-0.15, -0.1) is 0 Å². The number of carbonyl (C=O) groups excluding carboxylic acids is 2. The van der Waals surface area contributed by atoms with E-state index in [-0.39, 0.29) is 11.3 Å². The zero-order valence-corrected chi connectivity index (χ0v) is 19.6. The van der Waals surface area contributed by atoms with Crippen LogP contribution in [0.5, 0.6) is 17.2 Å². The van der Waals surface area contributed by atoms with Crippen LogP contribution >= 0.6 is 0 Å². The molecule has 176 valence electrons. The van der Waals surface area contributed by atoms with Gasteiger partial charge in [0.15, 0.2) is 11.5 Å². The van der Waals surface area contributed by atoms with E-state index in [9.17, 15) is 14.7 Å². The number of ketones is 1. The molecule has 1 amide bonds. The first-order chi connectivity index (χ1) is 15.8. The molecule has 2 aromatic carbocycles. The standard InChI is InChI=1S/C25H30N2O6/c1-26(2)12-9-13-27-21(17-14-18(31-3)24(33-5)19(15-17)32-4)20(23(29)25(27)30)22(28)16-10-7-6-8-11-16/h6-8,10-11,14-15,21,28H,9,12-13H2,1-5H3/t21-/m0/s1. The first-order valence-electron chi connectivity index (χ1n) is 10.6. The van der Waals surface area contributed by atoms with Gasteiger partial charge in [0.25, 0.3) is 11.7 Å². The molecular formula is C25H30N2O6. The molecule has 1 fully saturated rings. The summed E-state index contributed by atoms with van der Waals surface area (Å²) in [4.78, 5) is 29.7. The van der Waals surface area contributed by atoms with Crippen LogP contribution in [0, 0.1) is 0 Å². The molecule has 0 bridgehead atoms. The number of Topliss-reactive ketones (excluding diaryl/α,β-unsaturated/α-hetero) is 1. The predicted octanol–water partition coefficient (Wildman–Crippen LogP) is 3.09. The number of ether oxygens (including phenoxy) is 3. The lowest BCUT2D eigenvalue weighted by molar-refractivity contribution is -0.139. The van der Waals surface area contributed by atoms with E-state index in [4.69, 9.17) is 14.2 Å². The topological polar surface area (TPSA) is 88.5 Å². The first-order valence-corrected chi connectivity index (χ1v) is 10.6. The van der Waals surface area contributed by atoms with Crippen LogP contribution in [0.25, 0.3) is 5.76 Å². The summed E-state index contributed by atoms with van der Waals surface area (Å²) in [6, 6.07) is 11.3. The summed E-state index contributed by atoms with van der Waals surface area (Å²) in [5.74, 6) is -0.403. The molecule has 0 aliphatic carbocycles. The highest BCUT2D eigenvalue weighted by Crippen LogP contribution is 2.45. The molecule has 0 spiro atoms. The molecular weight excluding hydrogens is 424 g/mol. The Kier molecular flexibility index (Phi) is 7.60. The van der Waals surface area contributed by atoms with Crippen LogP contribution in [0.3, 0.4) is 0 Å². The number of methoxy groups -OCH3 is 3. The highest BCUT2D eigenvalue weighted by Gasteiger charge is 2.46. The zero-order valence-electron chi connectivity index (χ0n) is 19.6.